The molecule has 0 bridgehead atoms. The maximum Gasteiger partial charge on any atom is 0.343 e. The van der Waals surface area contributed by atoms with E-state index in [-0.39, 0.29) is 18.0 Å². The Hall–Kier alpha value is -1.08. The second-order valence-corrected chi connectivity index (χ2v) is 6.40. The van der Waals surface area contributed by atoms with Crippen molar-refractivity contribution in [2.24, 2.45) is 5.73 Å². The molecule has 0 amide bonds. The SMILES string of the molecule is C=CC(=O)C(CCCN)(C(=O)C=C)[SiH](OC)OC. The van der Waals surface area contributed by atoms with Crippen LogP contribution in [0.25, 0.3) is 0 Å². The summed E-state index contributed by atoms with van der Waals surface area (Å²) in [5.41, 5.74) is 5.46. The highest BCUT2D eigenvalue weighted by Crippen LogP contribution is 2.39. The molecule has 0 unspecified atom stereocenters. The van der Waals surface area contributed by atoms with Crippen molar-refractivity contribution in [2.75, 3.05) is 20.8 Å². The highest BCUT2D eigenvalue weighted by atomic mass is 28.3. The topological polar surface area (TPSA) is 78.6 Å². The van der Waals surface area contributed by atoms with E-state index in [1.54, 1.807) is 0 Å². The predicted molar refractivity (Wildman–Crippen MR) is 72.6 cm³/mol. The molecule has 0 fully saturated rings. The van der Waals surface area contributed by atoms with Gasteiger partial charge in [0.2, 0.25) is 0 Å². The Morgan fingerprint density at radius 3 is 1.94 bits per heavy atom. The van der Waals surface area contributed by atoms with Crippen LogP contribution in [0.3, 0.4) is 0 Å². The number of ketones is 2. The lowest BCUT2D eigenvalue weighted by Crippen LogP contribution is -2.47. The van der Waals surface area contributed by atoms with Crippen molar-refractivity contribution in [1.82, 2.24) is 0 Å². The number of rotatable bonds is 10. The third kappa shape index (κ3) is 3.23. The van der Waals surface area contributed by atoms with Crippen molar-refractivity contribution in [2.45, 2.75) is 17.9 Å². The van der Waals surface area contributed by atoms with Gasteiger partial charge in [0.1, 0.15) is 5.04 Å². The van der Waals surface area contributed by atoms with Gasteiger partial charge in [0.25, 0.3) is 0 Å². The van der Waals surface area contributed by atoms with Crippen molar-refractivity contribution >= 4 is 20.9 Å². The van der Waals surface area contributed by atoms with E-state index in [9.17, 15) is 9.59 Å². The summed E-state index contributed by atoms with van der Waals surface area (Å²) in [7, 11) is 0.347. The lowest BCUT2D eigenvalue weighted by molar-refractivity contribution is -0.127. The van der Waals surface area contributed by atoms with Crippen LogP contribution in [0.1, 0.15) is 12.8 Å². The molecule has 0 aromatic carbocycles. The van der Waals surface area contributed by atoms with E-state index in [4.69, 9.17) is 14.6 Å². The fourth-order valence-corrected chi connectivity index (χ4v) is 4.10. The van der Waals surface area contributed by atoms with Crippen LogP contribution in [0, 0.1) is 0 Å². The number of hydrogen-bond acceptors (Lipinski definition) is 5. The maximum atomic E-state index is 12.1. The highest BCUT2D eigenvalue weighted by molar-refractivity contribution is 6.63. The summed E-state index contributed by atoms with van der Waals surface area (Å²) in [6.07, 6.45) is 3.08. The van der Waals surface area contributed by atoms with E-state index in [0.29, 0.717) is 13.0 Å². The second-order valence-electron chi connectivity index (χ2n) is 3.80. The number of hydrogen-bond donors (Lipinski definition) is 1. The summed E-state index contributed by atoms with van der Waals surface area (Å²) in [6, 6.07) is 0. The molecule has 0 aromatic heterocycles. The van der Waals surface area contributed by atoms with Crippen LogP contribution >= 0.6 is 0 Å². The van der Waals surface area contributed by atoms with Gasteiger partial charge in [0.15, 0.2) is 11.6 Å². The Labute approximate surface area is 109 Å². The lowest BCUT2D eigenvalue weighted by Gasteiger charge is -2.32. The summed E-state index contributed by atoms with van der Waals surface area (Å²) in [6.45, 7) is 7.27. The third-order valence-electron chi connectivity index (χ3n) is 2.86. The molecule has 0 aromatic rings. The zero-order valence-electron chi connectivity index (χ0n) is 11.0. The van der Waals surface area contributed by atoms with Crippen molar-refractivity contribution in [3.8, 4) is 0 Å². The first kappa shape index (κ1) is 16.9. The fourth-order valence-electron chi connectivity index (χ4n) is 1.96. The van der Waals surface area contributed by atoms with Crippen LogP contribution in [0.4, 0.5) is 0 Å². The van der Waals surface area contributed by atoms with Crippen LogP contribution in [-0.2, 0) is 18.4 Å². The Kier molecular flexibility index (Phi) is 7.61. The van der Waals surface area contributed by atoms with Gasteiger partial charge >= 0.3 is 9.28 Å². The minimum Gasteiger partial charge on any atom is -0.399 e. The molecular weight excluding hydrogens is 250 g/mol. The molecule has 0 saturated carbocycles. The molecule has 0 atom stereocenters. The van der Waals surface area contributed by atoms with Crippen molar-refractivity contribution in [3.05, 3.63) is 25.3 Å². The van der Waals surface area contributed by atoms with Crippen molar-refractivity contribution in [1.29, 1.82) is 0 Å². The summed E-state index contributed by atoms with van der Waals surface area (Å²) >= 11 is 0. The Morgan fingerprint density at radius 2 is 1.67 bits per heavy atom. The van der Waals surface area contributed by atoms with E-state index in [1.807, 2.05) is 0 Å². The summed E-state index contributed by atoms with van der Waals surface area (Å²) in [5, 5.41) is -1.31. The molecule has 0 heterocycles. The first-order valence-corrected chi connectivity index (χ1v) is 7.16. The molecule has 102 valence electrons. The van der Waals surface area contributed by atoms with Crippen molar-refractivity contribution in [3.63, 3.8) is 0 Å². The number of carbonyl (C=O) groups excluding carboxylic acids is 2. The highest BCUT2D eigenvalue weighted by Gasteiger charge is 2.52. The van der Waals surface area contributed by atoms with E-state index in [2.05, 4.69) is 13.2 Å². The second kappa shape index (κ2) is 8.10. The molecule has 6 heteroatoms. The molecule has 0 spiro atoms. The standard InChI is InChI=1S/C12H21NO4Si/c1-5-10(14)12(8-7-9-13,11(15)6-2)18(16-3)17-4/h5-6,18H,1-2,7-9,13H2,3-4H3. The monoisotopic (exact) mass is 271 g/mol. The Balaban J connectivity index is 5.65. The minimum atomic E-state index is -2.52. The minimum absolute atomic E-state index is 0.289. The molecule has 0 rings (SSSR count). The molecule has 18 heavy (non-hydrogen) atoms. The Morgan fingerprint density at radius 1 is 1.22 bits per heavy atom. The normalized spacial score (nSPS) is 11.3. The number of nitrogens with two attached hydrogens (primary N) is 1. The van der Waals surface area contributed by atoms with E-state index >= 15 is 0 Å². The lowest BCUT2D eigenvalue weighted by atomic mass is 9.91. The van der Waals surface area contributed by atoms with E-state index in [0.717, 1.165) is 12.2 Å². The quantitative estimate of drug-likeness (QED) is 0.355. The summed E-state index contributed by atoms with van der Waals surface area (Å²) in [4.78, 5) is 24.3. The number of carbonyl (C=O) groups is 2. The van der Waals surface area contributed by atoms with Crippen LogP contribution in [0.5, 0.6) is 0 Å². The van der Waals surface area contributed by atoms with Gasteiger partial charge in [-0.1, -0.05) is 13.2 Å². The maximum absolute atomic E-state index is 12.1. The first-order valence-electron chi connectivity index (χ1n) is 5.64. The van der Waals surface area contributed by atoms with Gasteiger partial charge in [-0.05, 0) is 31.5 Å². The van der Waals surface area contributed by atoms with Gasteiger partial charge in [0.05, 0.1) is 0 Å². The van der Waals surface area contributed by atoms with Crippen LogP contribution in [-0.4, -0.2) is 41.6 Å². The first-order chi connectivity index (χ1) is 8.54. The third-order valence-corrected chi connectivity index (χ3v) is 5.37. The van der Waals surface area contributed by atoms with Gasteiger partial charge in [0, 0.05) is 14.2 Å². The van der Waals surface area contributed by atoms with Gasteiger partial charge in [-0.2, -0.15) is 0 Å². The van der Waals surface area contributed by atoms with Gasteiger partial charge in [-0.25, -0.2) is 0 Å². The zero-order chi connectivity index (χ0) is 14.2. The summed E-state index contributed by atoms with van der Waals surface area (Å²) in [5.74, 6) is -0.776. The fraction of sp³-hybridized carbons (Fsp3) is 0.500. The summed E-state index contributed by atoms with van der Waals surface area (Å²) < 4.78 is 10.5. The molecule has 0 radical (unpaired) electrons. The molecule has 2 N–H and O–H groups in total. The van der Waals surface area contributed by atoms with Crippen molar-refractivity contribution < 1.29 is 18.4 Å². The van der Waals surface area contributed by atoms with Crippen LogP contribution in [0.15, 0.2) is 25.3 Å². The molecule has 0 aliphatic heterocycles. The smallest absolute Gasteiger partial charge is 0.343 e. The average molecular weight is 271 g/mol. The van der Waals surface area contributed by atoms with Crippen LogP contribution in [0.2, 0.25) is 5.04 Å². The molecule has 0 aliphatic rings. The van der Waals surface area contributed by atoms with Gasteiger partial charge < -0.3 is 14.6 Å². The molecular formula is C12H21NO4Si. The van der Waals surface area contributed by atoms with Crippen LogP contribution < -0.4 is 5.73 Å². The molecule has 5 nitrogen and oxygen atoms in total. The number of allylic oxidation sites excluding steroid dienone is 2. The van der Waals surface area contributed by atoms with E-state index in [1.165, 1.54) is 14.2 Å². The average Bonchev–Trinajstić information content (AvgIpc) is 2.41. The molecule has 0 aliphatic carbocycles. The molecule has 0 saturated heterocycles. The van der Waals surface area contributed by atoms with Gasteiger partial charge in [-0.15, -0.1) is 0 Å². The van der Waals surface area contributed by atoms with E-state index < -0.39 is 14.3 Å². The largest absolute Gasteiger partial charge is 0.399 e. The Bertz CT molecular complexity index is 306. The van der Waals surface area contributed by atoms with Gasteiger partial charge in [-0.3, -0.25) is 9.59 Å². The predicted octanol–water partition coefficient (Wildman–Crippen LogP) is 0.489. The zero-order valence-corrected chi connectivity index (χ0v) is 12.1.